The van der Waals surface area contributed by atoms with Crippen LogP contribution in [0.15, 0.2) is 6.07 Å². The predicted octanol–water partition coefficient (Wildman–Crippen LogP) is 3.63. The lowest BCUT2D eigenvalue weighted by Gasteiger charge is -2.28. The number of halogens is 1. The summed E-state index contributed by atoms with van der Waals surface area (Å²) < 4.78 is 20.9. The quantitative estimate of drug-likeness (QED) is 0.805. The van der Waals surface area contributed by atoms with Crippen LogP contribution in [0.3, 0.4) is 0 Å². The van der Waals surface area contributed by atoms with Gasteiger partial charge in [-0.05, 0) is 54.4 Å². The fourth-order valence-corrected chi connectivity index (χ4v) is 3.05. The minimum atomic E-state index is -1.52. The second-order valence-electron chi connectivity index (χ2n) is 8.80. The van der Waals surface area contributed by atoms with E-state index in [0.717, 1.165) is 0 Å². The van der Waals surface area contributed by atoms with Gasteiger partial charge in [-0.3, -0.25) is 0 Å². The molecule has 0 aliphatic heterocycles. The summed E-state index contributed by atoms with van der Waals surface area (Å²) in [5.41, 5.74) is -1.26. The third kappa shape index (κ3) is 4.58. The van der Waals surface area contributed by atoms with E-state index >= 15 is 0 Å². The predicted molar refractivity (Wildman–Crippen MR) is 96.8 cm³/mol. The summed E-state index contributed by atoms with van der Waals surface area (Å²) in [6, 6.07) is 1.39. The van der Waals surface area contributed by atoms with Crippen LogP contribution in [0.5, 0.6) is 0 Å². The molecule has 0 bridgehead atoms. The van der Waals surface area contributed by atoms with Crippen molar-refractivity contribution < 1.29 is 28.9 Å². The Labute approximate surface area is 157 Å². The van der Waals surface area contributed by atoms with Crippen LogP contribution < -0.4 is 4.90 Å². The van der Waals surface area contributed by atoms with E-state index in [4.69, 9.17) is 4.74 Å². The summed E-state index contributed by atoms with van der Waals surface area (Å²) in [6.07, 6.45) is -4.44. The fourth-order valence-electron chi connectivity index (χ4n) is 3.05. The van der Waals surface area contributed by atoms with Crippen molar-refractivity contribution in [2.24, 2.45) is 0 Å². The van der Waals surface area contributed by atoms with Crippen LogP contribution in [0, 0.1) is 0 Å². The van der Waals surface area contributed by atoms with Crippen molar-refractivity contribution in [2.45, 2.75) is 83.7 Å². The summed E-state index contributed by atoms with van der Waals surface area (Å²) >= 11 is 0. The van der Waals surface area contributed by atoms with E-state index in [1.165, 1.54) is 10.7 Å². The van der Waals surface area contributed by atoms with Crippen molar-refractivity contribution >= 4 is 18.0 Å². The molecule has 1 aliphatic rings. The van der Waals surface area contributed by atoms with Crippen LogP contribution in [0.2, 0.25) is 0 Å². The summed E-state index contributed by atoms with van der Waals surface area (Å²) in [7, 11) is 0. The Morgan fingerprint density at radius 3 is 2.26 bits per heavy atom. The highest BCUT2D eigenvalue weighted by atomic mass is 19.1. The number of aliphatic hydroxyl groups is 1. The average Bonchev–Trinajstić information content (AvgIpc) is 3.01. The van der Waals surface area contributed by atoms with Gasteiger partial charge in [0.2, 0.25) is 0 Å². The molecule has 2 rings (SSSR count). The van der Waals surface area contributed by atoms with E-state index < -0.39 is 41.5 Å². The van der Waals surface area contributed by atoms with Gasteiger partial charge in [-0.2, -0.15) is 10.00 Å². The Kier molecular flexibility index (Phi) is 5.56. The van der Waals surface area contributed by atoms with Gasteiger partial charge in [-0.15, -0.1) is 0 Å². The number of carboxylic acid groups (broad SMARTS) is 1. The Morgan fingerprint density at radius 2 is 1.85 bits per heavy atom. The minimum absolute atomic E-state index is 0.0205. The van der Waals surface area contributed by atoms with E-state index in [9.17, 15) is 24.2 Å². The molecule has 1 aliphatic carbocycles. The molecule has 152 valence electrons. The molecule has 9 heteroatoms. The second kappa shape index (κ2) is 7.10. The monoisotopic (exact) mass is 385 g/mol. The van der Waals surface area contributed by atoms with Crippen LogP contribution in [0.4, 0.5) is 19.8 Å². The largest absolute Gasteiger partial charge is 0.464 e. The summed E-state index contributed by atoms with van der Waals surface area (Å²) in [4.78, 5) is 24.8. The first-order valence-electron chi connectivity index (χ1n) is 8.91. The molecule has 0 radical (unpaired) electrons. The number of hydrogen-bond donors (Lipinski definition) is 2. The highest BCUT2D eigenvalue weighted by molar-refractivity contribution is 6.08. The maximum absolute atomic E-state index is 14.3. The van der Waals surface area contributed by atoms with Crippen molar-refractivity contribution in [3.8, 4) is 0 Å². The number of carbonyl (C=O) groups is 2. The molecule has 0 spiro atoms. The number of rotatable bonds is 2. The van der Waals surface area contributed by atoms with Crippen molar-refractivity contribution in [3.63, 3.8) is 0 Å². The number of alkyl halides is 1. The van der Waals surface area contributed by atoms with E-state index in [1.807, 2.05) is 0 Å². The van der Waals surface area contributed by atoms with E-state index in [2.05, 4.69) is 5.10 Å². The molecule has 3 atom stereocenters. The summed E-state index contributed by atoms with van der Waals surface area (Å²) in [5.74, 6) is -0.676. The Morgan fingerprint density at radius 1 is 1.26 bits per heavy atom. The van der Waals surface area contributed by atoms with Crippen LogP contribution in [0.25, 0.3) is 0 Å². The number of carbonyl (C=O) groups excluding carboxylic acids is 1. The molecule has 2 N–H and O–H groups in total. The number of aliphatic hydroxyl groups excluding tert-OH is 1. The Hall–Kier alpha value is -2.16. The molecular formula is C18H28FN3O5. The lowest BCUT2D eigenvalue weighted by atomic mass is 10.0. The number of ether oxygens (including phenoxy) is 1. The smallest absolute Gasteiger partial charge is 0.425 e. The molecule has 0 unspecified atom stereocenters. The zero-order valence-corrected chi connectivity index (χ0v) is 16.6. The molecule has 27 heavy (non-hydrogen) atoms. The molecule has 2 amide bonds. The van der Waals surface area contributed by atoms with Gasteiger partial charge in [0.25, 0.3) is 0 Å². The van der Waals surface area contributed by atoms with Gasteiger partial charge in [0.05, 0.1) is 17.3 Å². The van der Waals surface area contributed by atoms with E-state index in [-0.39, 0.29) is 5.82 Å². The summed E-state index contributed by atoms with van der Waals surface area (Å²) in [6.45, 7) is 10.3. The van der Waals surface area contributed by atoms with Crippen molar-refractivity contribution in [3.05, 3.63) is 11.8 Å². The number of amides is 2. The minimum Gasteiger partial charge on any atom is -0.464 e. The maximum atomic E-state index is 14.3. The number of aromatic nitrogens is 2. The lowest BCUT2D eigenvalue weighted by Crippen LogP contribution is -2.42. The topological polar surface area (TPSA) is 105 Å². The van der Waals surface area contributed by atoms with E-state index in [1.54, 1.807) is 41.5 Å². The standard InChI is InChI=1S/C18H28FN3O5/c1-17(2,3)22-13(21(15(24)25)16(26)27-18(4,5)6)9-11(20-22)10-7-8-12(23)14(10)19/h9-10,12,14,23H,7-8H2,1-6H3,(H,24,25)/t10-,12-,14+/m0/s1. The molecule has 1 saturated carbocycles. The number of anilines is 1. The SMILES string of the molecule is CC(C)(C)OC(=O)N(C(=O)O)c1cc([C@@H]2CC[C@H](O)[C@@H]2F)nn1C(C)(C)C. The van der Waals surface area contributed by atoms with Crippen LogP contribution in [0.1, 0.15) is 66.0 Å². The van der Waals surface area contributed by atoms with Crippen LogP contribution >= 0.6 is 0 Å². The van der Waals surface area contributed by atoms with Gasteiger partial charge in [0.1, 0.15) is 17.6 Å². The fraction of sp³-hybridized carbons (Fsp3) is 0.722. The zero-order chi connectivity index (χ0) is 20.7. The van der Waals surface area contributed by atoms with Crippen molar-refractivity contribution in [2.75, 3.05) is 4.90 Å². The van der Waals surface area contributed by atoms with Crippen LogP contribution in [-0.4, -0.2) is 50.1 Å². The van der Waals surface area contributed by atoms with Gasteiger partial charge in [-0.1, -0.05) is 0 Å². The summed E-state index contributed by atoms with van der Waals surface area (Å²) in [5, 5.41) is 23.7. The molecule has 1 aromatic rings. The van der Waals surface area contributed by atoms with Gasteiger partial charge < -0.3 is 14.9 Å². The third-order valence-electron chi connectivity index (χ3n) is 4.25. The molecular weight excluding hydrogens is 357 g/mol. The lowest BCUT2D eigenvalue weighted by molar-refractivity contribution is 0.0578. The number of nitrogens with zero attached hydrogens (tertiary/aromatic N) is 3. The first-order valence-corrected chi connectivity index (χ1v) is 8.91. The normalized spacial score (nSPS) is 23.3. The molecule has 8 nitrogen and oxygen atoms in total. The van der Waals surface area contributed by atoms with E-state index in [0.29, 0.717) is 23.4 Å². The molecule has 0 aromatic carbocycles. The van der Waals surface area contributed by atoms with Crippen LogP contribution in [-0.2, 0) is 10.3 Å². The van der Waals surface area contributed by atoms with Gasteiger partial charge >= 0.3 is 12.2 Å². The highest BCUT2D eigenvalue weighted by Crippen LogP contribution is 2.39. The number of imide groups is 1. The first kappa shape index (κ1) is 21.1. The first-order chi connectivity index (χ1) is 12.2. The van der Waals surface area contributed by atoms with Crippen molar-refractivity contribution in [1.29, 1.82) is 0 Å². The molecule has 1 aromatic heterocycles. The number of hydrogen-bond acceptors (Lipinski definition) is 5. The second-order valence-corrected chi connectivity index (χ2v) is 8.80. The third-order valence-corrected chi connectivity index (χ3v) is 4.25. The zero-order valence-electron chi connectivity index (χ0n) is 16.6. The highest BCUT2D eigenvalue weighted by Gasteiger charge is 2.40. The molecule has 1 heterocycles. The van der Waals surface area contributed by atoms with Gasteiger partial charge in [0.15, 0.2) is 0 Å². The molecule has 1 fully saturated rings. The average molecular weight is 385 g/mol. The van der Waals surface area contributed by atoms with Gasteiger partial charge in [-0.25, -0.2) is 18.7 Å². The Bertz CT molecular complexity index is 720. The Balaban J connectivity index is 2.52. The maximum Gasteiger partial charge on any atom is 0.425 e. The van der Waals surface area contributed by atoms with Gasteiger partial charge in [0, 0.05) is 12.0 Å². The molecule has 0 saturated heterocycles. The van der Waals surface area contributed by atoms with Crippen molar-refractivity contribution in [1.82, 2.24) is 9.78 Å².